The van der Waals surface area contributed by atoms with Gasteiger partial charge in [-0.15, -0.1) is 0 Å². The van der Waals surface area contributed by atoms with Gasteiger partial charge in [0.25, 0.3) is 0 Å². The quantitative estimate of drug-likeness (QED) is 0.637. The lowest BCUT2D eigenvalue weighted by atomic mass is 10.1. The van der Waals surface area contributed by atoms with Crippen molar-refractivity contribution in [3.05, 3.63) is 89.5 Å². The van der Waals surface area contributed by atoms with Crippen LogP contribution in [0.4, 0.5) is 0 Å². The zero-order valence-electron chi connectivity index (χ0n) is 11.2. The minimum Gasteiger partial charge on any atom is -0.0985 e. The summed E-state index contributed by atoms with van der Waals surface area (Å²) in [5, 5.41) is 0. The van der Waals surface area contributed by atoms with Gasteiger partial charge in [-0.1, -0.05) is 91.1 Å². The van der Waals surface area contributed by atoms with Crippen molar-refractivity contribution in [2.45, 2.75) is 6.92 Å². The van der Waals surface area contributed by atoms with Crippen LogP contribution in [-0.2, 0) is 0 Å². The molecule has 0 fully saturated rings. The molecule has 0 heteroatoms. The Morgan fingerprint density at radius 1 is 0.684 bits per heavy atom. The Bertz CT molecular complexity index is 581. The summed E-state index contributed by atoms with van der Waals surface area (Å²) in [6.07, 6.45) is 10.2. The van der Waals surface area contributed by atoms with Gasteiger partial charge in [0.1, 0.15) is 0 Å². The van der Waals surface area contributed by atoms with Gasteiger partial charge in [-0.25, -0.2) is 0 Å². The summed E-state index contributed by atoms with van der Waals surface area (Å²) < 4.78 is 0. The monoisotopic (exact) mass is 246 g/mol. The molecule has 0 radical (unpaired) electrons. The Morgan fingerprint density at radius 3 is 1.58 bits per heavy atom. The average Bonchev–Trinajstić information content (AvgIpc) is 2.46. The largest absolute Gasteiger partial charge is 0.0985 e. The second-order valence-electron chi connectivity index (χ2n) is 4.50. The van der Waals surface area contributed by atoms with Crippen LogP contribution in [0.1, 0.15) is 22.3 Å². The first-order chi connectivity index (χ1) is 9.28. The molecule has 0 atom stereocenters. The highest BCUT2D eigenvalue weighted by Gasteiger charge is 1.87. The third-order valence-corrected chi connectivity index (χ3v) is 2.94. The van der Waals surface area contributed by atoms with E-state index in [1.54, 1.807) is 0 Å². The summed E-state index contributed by atoms with van der Waals surface area (Å²) in [6, 6.07) is 16.8. The van der Waals surface area contributed by atoms with E-state index in [2.05, 4.69) is 86.3 Å². The number of hydrogen-bond donors (Lipinski definition) is 0. The van der Waals surface area contributed by atoms with Crippen LogP contribution in [0.5, 0.6) is 0 Å². The van der Waals surface area contributed by atoms with Crippen molar-refractivity contribution in [1.29, 1.82) is 0 Å². The summed E-state index contributed by atoms with van der Waals surface area (Å²) in [6.45, 7) is 5.84. The lowest BCUT2D eigenvalue weighted by Gasteiger charge is -1.95. The molecule has 0 saturated heterocycles. The minimum atomic E-state index is 1.15. The molecule has 0 amide bonds. The van der Waals surface area contributed by atoms with Crippen molar-refractivity contribution in [2.24, 2.45) is 0 Å². The molecule has 0 heterocycles. The SMILES string of the molecule is C=Cc1ccc(C=CC=Cc2ccc(C)cc2)cc1. The van der Waals surface area contributed by atoms with Crippen LogP contribution in [0, 0.1) is 6.92 Å². The van der Waals surface area contributed by atoms with Crippen LogP contribution in [-0.4, -0.2) is 0 Å². The van der Waals surface area contributed by atoms with Crippen LogP contribution in [0.25, 0.3) is 18.2 Å². The van der Waals surface area contributed by atoms with Gasteiger partial charge in [-0.3, -0.25) is 0 Å². The lowest BCUT2D eigenvalue weighted by Crippen LogP contribution is -1.73. The Labute approximate surface area is 115 Å². The summed E-state index contributed by atoms with van der Waals surface area (Å²) in [7, 11) is 0. The predicted molar refractivity (Wildman–Crippen MR) is 85.8 cm³/mol. The molecule has 0 aliphatic carbocycles. The first-order valence-electron chi connectivity index (χ1n) is 6.42. The first-order valence-corrected chi connectivity index (χ1v) is 6.42. The molecule has 2 aromatic carbocycles. The summed E-state index contributed by atoms with van der Waals surface area (Å²) in [5.41, 5.74) is 4.85. The fourth-order valence-corrected chi connectivity index (χ4v) is 1.75. The van der Waals surface area contributed by atoms with Crippen LogP contribution in [0.2, 0.25) is 0 Å². The molecule has 2 aromatic rings. The van der Waals surface area contributed by atoms with Gasteiger partial charge in [-0.05, 0) is 23.6 Å². The topological polar surface area (TPSA) is 0 Å². The van der Waals surface area contributed by atoms with Crippen molar-refractivity contribution in [2.75, 3.05) is 0 Å². The van der Waals surface area contributed by atoms with Crippen molar-refractivity contribution in [3.63, 3.8) is 0 Å². The van der Waals surface area contributed by atoms with Crippen molar-refractivity contribution in [1.82, 2.24) is 0 Å². The number of aryl methyl sites for hydroxylation is 1. The summed E-state index contributed by atoms with van der Waals surface area (Å²) >= 11 is 0. The molecular formula is C19H18. The van der Waals surface area contributed by atoms with E-state index in [1.807, 2.05) is 6.08 Å². The Morgan fingerprint density at radius 2 is 1.11 bits per heavy atom. The lowest BCUT2D eigenvalue weighted by molar-refractivity contribution is 1.46. The molecule has 0 saturated carbocycles. The van der Waals surface area contributed by atoms with Crippen LogP contribution in [0.3, 0.4) is 0 Å². The Balaban J connectivity index is 1.98. The van der Waals surface area contributed by atoms with Gasteiger partial charge in [0.05, 0.1) is 0 Å². The van der Waals surface area contributed by atoms with Gasteiger partial charge in [-0.2, -0.15) is 0 Å². The molecular weight excluding hydrogens is 228 g/mol. The molecule has 0 unspecified atom stereocenters. The summed E-state index contributed by atoms with van der Waals surface area (Å²) in [5.74, 6) is 0. The highest BCUT2D eigenvalue weighted by Crippen LogP contribution is 2.08. The third kappa shape index (κ3) is 4.11. The van der Waals surface area contributed by atoms with E-state index >= 15 is 0 Å². The molecule has 0 aliphatic rings. The predicted octanol–water partition coefficient (Wildman–Crippen LogP) is 5.36. The molecule has 19 heavy (non-hydrogen) atoms. The maximum absolute atomic E-state index is 3.75. The number of benzene rings is 2. The number of rotatable bonds is 4. The zero-order valence-corrected chi connectivity index (χ0v) is 11.2. The van der Waals surface area contributed by atoms with E-state index in [4.69, 9.17) is 0 Å². The first kappa shape index (κ1) is 13.1. The van der Waals surface area contributed by atoms with E-state index < -0.39 is 0 Å². The highest BCUT2D eigenvalue weighted by atomic mass is 13.9. The Hall–Kier alpha value is -2.34. The van der Waals surface area contributed by atoms with E-state index in [9.17, 15) is 0 Å². The molecule has 0 nitrogen and oxygen atoms in total. The zero-order chi connectivity index (χ0) is 13.5. The molecule has 0 N–H and O–H groups in total. The fraction of sp³-hybridized carbons (Fsp3) is 0.0526. The van der Waals surface area contributed by atoms with Gasteiger partial charge < -0.3 is 0 Å². The highest BCUT2D eigenvalue weighted by molar-refractivity contribution is 5.59. The minimum absolute atomic E-state index is 1.15. The second kappa shape index (κ2) is 6.55. The van der Waals surface area contributed by atoms with Crippen LogP contribution in [0.15, 0.2) is 67.3 Å². The van der Waals surface area contributed by atoms with Crippen LogP contribution < -0.4 is 0 Å². The standard InChI is InChI=1S/C19H18/c1-3-17-12-14-19(15-13-17)7-5-4-6-18-10-8-16(2)9-11-18/h3-15H,1H2,2H3. The molecule has 0 bridgehead atoms. The van der Waals surface area contributed by atoms with Gasteiger partial charge in [0.2, 0.25) is 0 Å². The second-order valence-corrected chi connectivity index (χ2v) is 4.50. The smallest absolute Gasteiger partial charge is 0.0256 e. The van der Waals surface area contributed by atoms with Gasteiger partial charge in [0.15, 0.2) is 0 Å². The number of hydrogen-bond acceptors (Lipinski definition) is 0. The van der Waals surface area contributed by atoms with E-state index in [1.165, 1.54) is 16.7 Å². The van der Waals surface area contributed by atoms with Gasteiger partial charge in [0, 0.05) is 0 Å². The van der Waals surface area contributed by atoms with Crippen LogP contribution >= 0.6 is 0 Å². The van der Waals surface area contributed by atoms with Crippen molar-refractivity contribution >= 4 is 18.2 Å². The molecule has 0 aromatic heterocycles. The van der Waals surface area contributed by atoms with E-state index in [0.717, 1.165) is 5.56 Å². The van der Waals surface area contributed by atoms with Crippen molar-refractivity contribution < 1.29 is 0 Å². The number of allylic oxidation sites excluding steroid dienone is 2. The molecule has 0 aliphatic heterocycles. The van der Waals surface area contributed by atoms with Gasteiger partial charge >= 0.3 is 0 Å². The normalized spacial score (nSPS) is 11.2. The maximum Gasteiger partial charge on any atom is -0.0256 e. The maximum atomic E-state index is 3.75. The fourth-order valence-electron chi connectivity index (χ4n) is 1.75. The molecule has 94 valence electrons. The van der Waals surface area contributed by atoms with Crippen molar-refractivity contribution in [3.8, 4) is 0 Å². The third-order valence-electron chi connectivity index (χ3n) is 2.94. The van der Waals surface area contributed by atoms with E-state index in [-0.39, 0.29) is 0 Å². The average molecular weight is 246 g/mol. The van der Waals surface area contributed by atoms with E-state index in [0.29, 0.717) is 0 Å². The Kier molecular flexibility index (Phi) is 4.52. The molecule has 0 spiro atoms. The summed E-state index contributed by atoms with van der Waals surface area (Å²) in [4.78, 5) is 0. The molecule has 2 rings (SSSR count).